The number of hydroxylamine groups is 2. The van der Waals surface area contributed by atoms with Crippen molar-refractivity contribution in [2.24, 2.45) is 0 Å². The highest BCUT2D eigenvalue weighted by molar-refractivity contribution is 5.89. The van der Waals surface area contributed by atoms with Gasteiger partial charge in [-0.3, -0.25) is 4.84 Å². The van der Waals surface area contributed by atoms with Gasteiger partial charge in [-0.2, -0.15) is 5.06 Å². The molecule has 0 spiro atoms. The van der Waals surface area contributed by atoms with Gasteiger partial charge in [0.05, 0.1) is 5.56 Å². The van der Waals surface area contributed by atoms with Gasteiger partial charge in [0.15, 0.2) is 0 Å². The van der Waals surface area contributed by atoms with Gasteiger partial charge < -0.3 is 4.74 Å². The van der Waals surface area contributed by atoms with Crippen LogP contribution in [-0.4, -0.2) is 28.2 Å². The number of ether oxygens (including phenoxy) is 1. The first kappa shape index (κ1) is 23.2. The number of esters is 1. The van der Waals surface area contributed by atoms with Crippen molar-refractivity contribution in [1.29, 1.82) is 0 Å². The summed E-state index contributed by atoms with van der Waals surface area (Å²) < 4.78 is 5.95. The first-order valence-electron chi connectivity index (χ1n) is 11.6. The second-order valence-electron chi connectivity index (χ2n) is 10.0. The smallest absolute Gasteiger partial charge is 0.338 e. The van der Waals surface area contributed by atoms with Crippen LogP contribution in [0.4, 0.5) is 0 Å². The Bertz CT molecular complexity index is 990. The van der Waals surface area contributed by atoms with Crippen LogP contribution in [0.3, 0.4) is 0 Å². The summed E-state index contributed by atoms with van der Waals surface area (Å²) in [6.45, 7) is 8.63. The second-order valence-corrected chi connectivity index (χ2v) is 10.0. The molecule has 1 heterocycles. The Morgan fingerprint density at radius 3 is 1.64 bits per heavy atom. The molecular weight excluding hydrogens is 410 g/mol. The lowest BCUT2D eigenvalue weighted by molar-refractivity contribution is -0.309. The predicted octanol–water partition coefficient (Wildman–Crippen LogP) is 6.59. The molecule has 1 aliphatic heterocycles. The Kier molecular flexibility index (Phi) is 6.68. The van der Waals surface area contributed by atoms with Gasteiger partial charge in [0.1, 0.15) is 12.2 Å². The summed E-state index contributed by atoms with van der Waals surface area (Å²) in [5.41, 5.74) is 2.11. The highest BCUT2D eigenvalue weighted by Crippen LogP contribution is 2.43. The Balaban J connectivity index is 1.57. The van der Waals surface area contributed by atoms with Crippen molar-refractivity contribution < 1.29 is 14.4 Å². The molecule has 0 aromatic heterocycles. The summed E-state index contributed by atoms with van der Waals surface area (Å²) in [7, 11) is 0. The normalized spacial score (nSPS) is 18.2. The lowest BCUT2D eigenvalue weighted by Crippen LogP contribution is -2.62. The molecule has 0 N–H and O–H groups in total. The SMILES string of the molecule is CC1(C)CC(OC(=O)c2ccccc2)CC(C)(C)N1OC(c1ccccc1)c1ccccc1. The van der Waals surface area contributed by atoms with E-state index in [0.717, 1.165) is 11.1 Å². The standard InChI is InChI=1S/C29H33NO3/c1-28(2)20-25(32-27(31)24-18-12-7-13-19-24)21-29(3,4)30(28)33-26(22-14-8-5-9-15-22)23-16-10-6-11-17-23/h5-19,25-26H,20-21H2,1-4H3. The topological polar surface area (TPSA) is 38.8 Å². The molecule has 4 rings (SSSR count). The fourth-order valence-electron chi connectivity index (χ4n) is 5.01. The monoisotopic (exact) mass is 443 g/mol. The number of piperidine rings is 1. The van der Waals surface area contributed by atoms with Gasteiger partial charge in [0.2, 0.25) is 0 Å². The van der Waals surface area contributed by atoms with Crippen LogP contribution in [-0.2, 0) is 9.57 Å². The summed E-state index contributed by atoms with van der Waals surface area (Å²) in [6, 6.07) is 29.8. The molecule has 3 aromatic rings. The van der Waals surface area contributed by atoms with Gasteiger partial charge in [-0.15, -0.1) is 0 Å². The number of carbonyl (C=O) groups is 1. The zero-order valence-electron chi connectivity index (χ0n) is 19.9. The minimum atomic E-state index is -0.342. The van der Waals surface area contributed by atoms with E-state index in [2.05, 4.69) is 57.0 Å². The van der Waals surface area contributed by atoms with Crippen molar-refractivity contribution in [3.8, 4) is 0 Å². The van der Waals surface area contributed by atoms with E-state index in [0.29, 0.717) is 18.4 Å². The highest BCUT2D eigenvalue weighted by Gasteiger charge is 2.49. The van der Waals surface area contributed by atoms with Crippen molar-refractivity contribution in [3.05, 3.63) is 108 Å². The zero-order chi connectivity index (χ0) is 23.5. The van der Waals surface area contributed by atoms with Gasteiger partial charge in [-0.1, -0.05) is 78.9 Å². The Labute approximate surface area is 197 Å². The maximum atomic E-state index is 12.7. The number of carbonyl (C=O) groups excluding carboxylic acids is 1. The van der Waals surface area contributed by atoms with Crippen LogP contribution in [0.15, 0.2) is 91.0 Å². The van der Waals surface area contributed by atoms with E-state index in [1.165, 1.54) is 0 Å². The average Bonchev–Trinajstić information content (AvgIpc) is 2.79. The first-order chi connectivity index (χ1) is 15.8. The minimum Gasteiger partial charge on any atom is -0.459 e. The first-order valence-corrected chi connectivity index (χ1v) is 11.6. The molecule has 0 atom stereocenters. The Morgan fingerprint density at radius 2 is 1.18 bits per heavy atom. The number of hydrogen-bond acceptors (Lipinski definition) is 4. The molecule has 0 amide bonds. The Hall–Kier alpha value is -2.95. The summed E-state index contributed by atoms with van der Waals surface area (Å²) in [4.78, 5) is 19.5. The fraction of sp³-hybridized carbons (Fsp3) is 0.345. The van der Waals surface area contributed by atoms with E-state index >= 15 is 0 Å². The molecule has 33 heavy (non-hydrogen) atoms. The third-order valence-electron chi connectivity index (χ3n) is 6.25. The number of benzene rings is 3. The van der Waals surface area contributed by atoms with Crippen LogP contribution in [0.2, 0.25) is 0 Å². The van der Waals surface area contributed by atoms with Gasteiger partial charge in [0, 0.05) is 23.9 Å². The van der Waals surface area contributed by atoms with Gasteiger partial charge >= 0.3 is 5.97 Å². The van der Waals surface area contributed by atoms with Crippen molar-refractivity contribution in [3.63, 3.8) is 0 Å². The lowest BCUT2D eigenvalue weighted by Gasteiger charge is -2.54. The van der Waals surface area contributed by atoms with E-state index in [1.54, 1.807) is 12.1 Å². The van der Waals surface area contributed by atoms with Crippen molar-refractivity contribution in [1.82, 2.24) is 5.06 Å². The fourth-order valence-corrected chi connectivity index (χ4v) is 5.01. The van der Waals surface area contributed by atoms with Gasteiger partial charge in [-0.25, -0.2) is 4.79 Å². The quantitative estimate of drug-likeness (QED) is 0.403. The lowest BCUT2D eigenvalue weighted by atomic mass is 9.80. The number of rotatable bonds is 6. The molecule has 1 saturated heterocycles. The van der Waals surface area contributed by atoms with E-state index in [4.69, 9.17) is 9.57 Å². The second kappa shape index (κ2) is 9.50. The third kappa shape index (κ3) is 5.35. The highest BCUT2D eigenvalue weighted by atomic mass is 16.7. The van der Waals surface area contributed by atoms with Crippen molar-refractivity contribution in [2.45, 2.75) is 63.8 Å². The van der Waals surface area contributed by atoms with Crippen molar-refractivity contribution >= 4 is 5.97 Å². The molecule has 0 unspecified atom stereocenters. The molecule has 0 radical (unpaired) electrons. The molecule has 4 nitrogen and oxygen atoms in total. The van der Waals surface area contributed by atoms with Crippen LogP contribution in [0, 0.1) is 0 Å². The molecule has 0 aliphatic carbocycles. The van der Waals surface area contributed by atoms with E-state index in [-0.39, 0.29) is 29.3 Å². The van der Waals surface area contributed by atoms with Crippen LogP contribution in [0.5, 0.6) is 0 Å². The summed E-state index contributed by atoms with van der Waals surface area (Å²) >= 11 is 0. The molecule has 1 fully saturated rings. The maximum absolute atomic E-state index is 12.7. The summed E-state index contributed by atoms with van der Waals surface area (Å²) in [6.07, 6.45) is 0.959. The molecule has 4 heteroatoms. The largest absolute Gasteiger partial charge is 0.459 e. The molecule has 0 saturated carbocycles. The van der Waals surface area contributed by atoms with Gasteiger partial charge in [0.25, 0.3) is 0 Å². The number of nitrogens with zero attached hydrogens (tertiary/aromatic N) is 1. The average molecular weight is 444 g/mol. The summed E-state index contributed by atoms with van der Waals surface area (Å²) in [5.74, 6) is -0.270. The molecule has 3 aromatic carbocycles. The summed E-state index contributed by atoms with van der Waals surface area (Å²) in [5, 5.41) is 2.12. The van der Waals surface area contributed by atoms with E-state index < -0.39 is 0 Å². The van der Waals surface area contributed by atoms with Crippen LogP contribution >= 0.6 is 0 Å². The van der Waals surface area contributed by atoms with Crippen LogP contribution < -0.4 is 0 Å². The minimum absolute atomic E-state index is 0.186. The van der Waals surface area contributed by atoms with Crippen LogP contribution in [0.25, 0.3) is 0 Å². The Morgan fingerprint density at radius 1 is 0.758 bits per heavy atom. The zero-order valence-corrected chi connectivity index (χ0v) is 19.9. The molecule has 1 aliphatic rings. The van der Waals surface area contributed by atoms with Crippen LogP contribution in [0.1, 0.15) is 68.1 Å². The predicted molar refractivity (Wildman–Crippen MR) is 131 cm³/mol. The molecular formula is C29H33NO3. The third-order valence-corrected chi connectivity index (χ3v) is 6.25. The van der Waals surface area contributed by atoms with Crippen molar-refractivity contribution in [2.75, 3.05) is 0 Å². The van der Waals surface area contributed by atoms with E-state index in [9.17, 15) is 4.79 Å². The maximum Gasteiger partial charge on any atom is 0.338 e. The molecule has 0 bridgehead atoms. The number of hydrogen-bond donors (Lipinski definition) is 0. The van der Waals surface area contributed by atoms with E-state index in [1.807, 2.05) is 54.6 Å². The molecule has 172 valence electrons. The van der Waals surface area contributed by atoms with Gasteiger partial charge in [-0.05, 0) is 51.0 Å².